The number of benzene rings is 1. The fourth-order valence-corrected chi connectivity index (χ4v) is 5.37. The first-order valence-electron chi connectivity index (χ1n) is 12.7. The highest BCUT2D eigenvalue weighted by molar-refractivity contribution is 7.89. The third-order valence-electron chi connectivity index (χ3n) is 7.42. The zero-order valence-corrected chi connectivity index (χ0v) is 22.3. The van der Waals surface area contributed by atoms with E-state index in [4.69, 9.17) is 9.88 Å². The number of nitrogens with two attached hydrogens (primary N) is 1. The van der Waals surface area contributed by atoms with Gasteiger partial charge in [0.15, 0.2) is 0 Å². The quantitative estimate of drug-likeness (QED) is 0.364. The molecule has 0 spiro atoms. The van der Waals surface area contributed by atoms with Gasteiger partial charge in [-0.25, -0.2) is 23.5 Å². The Kier molecular flexibility index (Phi) is 7.04. The Morgan fingerprint density at radius 1 is 1.15 bits per heavy atom. The van der Waals surface area contributed by atoms with E-state index in [-0.39, 0.29) is 22.3 Å². The van der Waals surface area contributed by atoms with Gasteiger partial charge in [-0.2, -0.15) is 13.2 Å². The molecule has 1 atom stereocenters. The van der Waals surface area contributed by atoms with Crippen LogP contribution in [0.2, 0.25) is 0 Å². The molecule has 2 fully saturated rings. The van der Waals surface area contributed by atoms with Crippen LogP contribution in [0.5, 0.6) is 6.01 Å². The van der Waals surface area contributed by atoms with Crippen molar-refractivity contribution in [2.45, 2.75) is 74.4 Å². The number of sulfonamides is 1. The fourth-order valence-electron chi connectivity index (χ4n) is 4.85. The number of aromatic nitrogens is 5. The molecular weight excluding hydrogens is 535 g/mol. The van der Waals surface area contributed by atoms with Crippen LogP contribution in [-0.2, 0) is 15.6 Å². The molecule has 2 aliphatic carbocycles. The molecular formula is C25H30F3N7O3S. The normalized spacial score (nSPS) is 21.2. The highest BCUT2D eigenvalue weighted by atomic mass is 32.2. The van der Waals surface area contributed by atoms with Gasteiger partial charge in [0.05, 0.1) is 17.9 Å². The maximum Gasteiger partial charge on any atom is 0.389 e. The van der Waals surface area contributed by atoms with Crippen molar-refractivity contribution in [2.75, 3.05) is 11.9 Å². The molecule has 1 aromatic carbocycles. The molecule has 39 heavy (non-hydrogen) atoms. The molecule has 2 heterocycles. The van der Waals surface area contributed by atoms with Crippen LogP contribution < -0.4 is 15.2 Å². The standard InChI is InChI=1S/C25H30F3N7O3S/c1-15(11-25(26,27)28)21-33-34-23(35(21)24(2)7-8-24)38-14-16-9-17(10-16)18-12-30-22(31-13-18)32-19-3-5-20(6-4-19)39(29,36)37/h3-6,12-13,15-17H,7-11,14H2,1-2H3,(H2,29,36,37)(H,30,31,32)/t15-,16?,17?/m0/s1. The first kappa shape index (κ1) is 27.3. The van der Waals surface area contributed by atoms with Crippen molar-refractivity contribution in [3.8, 4) is 6.01 Å². The summed E-state index contributed by atoms with van der Waals surface area (Å²) in [4.78, 5) is 8.74. The molecule has 3 N–H and O–H groups in total. The number of nitrogens with zero attached hydrogens (tertiary/aromatic N) is 5. The number of ether oxygens (including phenoxy) is 1. The zero-order valence-electron chi connectivity index (χ0n) is 21.5. The van der Waals surface area contributed by atoms with Crippen molar-refractivity contribution in [3.63, 3.8) is 0 Å². The Balaban J connectivity index is 1.14. The van der Waals surface area contributed by atoms with Crippen LogP contribution in [0.3, 0.4) is 0 Å². The van der Waals surface area contributed by atoms with Crippen LogP contribution in [0.4, 0.5) is 24.8 Å². The van der Waals surface area contributed by atoms with Gasteiger partial charge in [-0.05, 0) is 74.3 Å². The highest BCUT2D eigenvalue weighted by Crippen LogP contribution is 2.48. The van der Waals surface area contributed by atoms with E-state index in [1.807, 2.05) is 6.92 Å². The molecule has 210 valence electrons. The summed E-state index contributed by atoms with van der Waals surface area (Å²) in [5, 5.41) is 16.3. The number of halogens is 3. The number of hydrogen-bond acceptors (Lipinski definition) is 8. The van der Waals surface area contributed by atoms with Gasteiger partial charge < -0.3 is 10.1 Å². The maximum absolute atomic E-state index is 13.0. The van der Waals surface area contributed by atoms with E-state index in [1.165, 1.54) is 19.1 Å². The molecule has 0 aliphatic heterocycles. The first-order chi connectivity index (χ1) is 18.3. The number of primary sulfonamides is 1. The second kappa shape index (κ2) is 10.0. The van der Waals surface area contributed by atoms with Crippen LogP contribution in [0.15, 0.2) is 41.6 Å². The SMILES string of the molecule is C[C@@H](CC(F)(F)F)c1nnc(OCC2CC(c3cnc(Nc4ccc(S(N)(=O)=O)cc4)nc3)C2)n1C1(C)CC1. The van der Waals surface area contributed by atoms with Crippen LogP contribution in [-0.4, -0.2) is 45.9 Å². The highest BCUT2D eigenvalue weighted by Gasteiger charge is 2.45. The van der Waals surface area contributed by atoms with Gasteiger partial charge in [-0.3, -0.25) is 4.57 Å². The minimum absolute atomic E-state index is 0.0197. The van der Waals surface area contributed by atoms with Crippen molar-refractivity contribution in [2.24, 2.45) is 11.1 Å². The Hall–Kier alpha value is -3.26. The van der Waals surface area contributed by atoms with E-state index in [2.05, 4.69) is 25.5 Å². The van der Waals surface area contributed by atoms with Gasteiger partial charge in [0.25, 0.3) is 0 Å². The zero-order chi connectivity index (χ0) is 28.0. The van der Waals surface area contributed by atoms with E-state index >= 15 is 0 Å². The van der Waals surface area contributed by atoms with Gasteiger partial charge in [-0.15, -0.1) is 5.10 Å². The Labute approximate surface area is 224 Å². The lowest BCUT2D eigenvalue weighted by atomic mass is 9.72. The molecule has 0 bridgehead atoms. The van der Waals surface area contributed by atoms with Crippen molar-refractivity contribution in [1.82, 2.24) is 24.7 Å². The second-order valence-electron chi connectivity index (χ2n) is 10.8. The van der Waals surface area contributed by atoms with Crippen molar-refractivity contribution >= 4 is 21.7 Å². The molecule has 0 unspecified atom stereocenters. The summed E-state index contributed by atoms with van der Waals surface area (Å²) in [7, 11) is -3.76. The lowest BCUT2D eigenvalue weighted by molar-refractivity contribution is -0.138. The Bertz CT molecular complexity index is 1420. The number of hydrogen-bond donors (Lipinski definition) is 2. The average Bonchev–Trinajstić information content (AvgIpc) is 3.41. The molecule has 0 amide bonds. The monoisotopic (exact) mass is 565 g/mol. The number of rotatable bonds is 10. The molecule has 2 aliphatic rings. The topological polar surface area (TPSA) is 138 Å². The molecule has 14 heteroatoms. The van der Waals surface area contributed by atoms with Crippen LogP contribution in [0.1, 0.15) is 69.2 Å². The Morgan fingerprint density at radius 3 is 2.36 bits per heavy atom. The minimum Gasteiger partial charge on any atom is -0.463 e. The third kappa shape index (κ3) is 6.32. The molecule has 3 aromatic rings. The van der Waals surface area contributed by atoms with Crippen molar-refractivity contribution < 1.29 is 26.3 Å². The van der Waals surface area contributed by atoms with Crippen molar-refractivity contribution in [1.29, 1.82) is 0 Å². The van der Waals surface area contributed by atoms with E-state index in [0.717, 1.165) is 31.2 Å². The van der Waals surface area contributed by atoms with E-state index < -0.39 is 28.5 Å². The minimum atomic E-state index is -4.28. The van der Waals surface area contributed by atoms with Crippen molar-refractivity contribution in [3.05, 3.63) is 48.0 Å². The predicted molar refractivity (Wildman–Crippen MR) is 136 cm³/mol. The largest absolute Gasteiger partial charge is 0.463 e. The molecule has 0 saturated heterocycles. The lowest BCUT2D eigenvalue weighted by Gasteiger charge is -2.35. The number of anilines is 2. The summed E-state index contributed by atoms with van der Waals surface area (Å²) in [6, 6.07) is 6.26. The molecule has 2 saturated carbocycles. The Morgan fingerprint density at radius 2 is 1.79 bits per heavy atom. The summed E-state index contributed by atoms with van der Waals surface area (Å²) < 4.78 is 69.4. The summed E-state index contributed by atoms with van der Waals surface area (Å²) in [5.41, 5.74) is 1.33. The average molecular weight is 566 g/mol. The van der Waals surface area contributed by atoms with Gasteiger partial charge >= 0.3 is 12.2 Å². The van der Waals surface area contributed by atoms with Crippen LogP contribution in [0, 0.1) is 5.92 Å². The molecule has 0 radical (unpaired) electrons. The smallest absolute Gasteiger partial charge is 0.389 e. The summed E-state index contributed by atoms with van der Waals surface area (Å²) in [6.45, 7) is 3.92. The van der Waals surface area contributed by atoms with Gasteiger partial charge in [0.2, 0.25) is 16.0 Å². The van der Waals surface area contributed by atoms with Gasteiger partial charge in [0.1, 0.15) is 5.82 Å². The summed E-state index contributed by atoms with van der Waals surface area (Å²) in [6.07, 6.45) is 1.73. The van der Waals surface area contributed by atoms with E-state index in [1.54, 1.807) is 29.1 Å². The van der Waals surface area contributed by atoms with Gasteiger partial charge in [0, 0.05) is 29.5 Å². The third-order valence-corrected chi connectivity index (χ3v) is 8.35. The summed E-state index contributed by atoms with van der Waals surface area (Å²) >= 11 is 0. The fraction of sp³-hybridized carbons (Fsp3) is 0.520. The lowest BCUT2D eigenvalue weighted by Crippen LogP contribution is -2.29. The first-order valence-corrected chi connectivity index (χ1v) is 14.2. The number of nitrogens with one attached hydrogen (secondary N) is 1. The predicted octanol–water partition coefficient (Wildman–Crippen LogP) is 4.60. The molecule has 5 rings (SSSR count). The number of alkyl halides is 3. The van der Waals surface area contributed by atoms with Crippen LogP contribution >= 0.6 is 0 Å². The summed E-state index contributed by atoms with van der Waals surface area (Å²) in [5.74, 6) is 0.449. The molecule has 10 nitrogen and oxygen atoms in total. The van der Waals surface area contributed by atoms with Crippen LogP contribution in [0.25, 0.3) is 0 Å². The van der Waals surface area contributed by atoms with Gasteiger partial charge in [-0.1, -0.05) is 12.0 Å². The van der Waals surface area contributed by atoms with E-state index in [9.17, 15) is 21.6 Å². The molecule has 2 aromatic heterocycles. The van der Waals surface area contributed by atoms with E-state index in [0.29, 0.717) is 30.1 Å². The second-order valence-corrected chi connectivity index (χ2v) is 12.3. The maximum atomic E-state index is 13.0.